The van der Waals surface area contributed by atoms with Crippen LogP contribution in [0.2, 0.25) is 10.0 Å². The lowest BCUT2D eigenvalue weighted by Gasteiger charge is -2.40. The molecule has 8 rings (SSSR count). The van der Waals surface area contributed by atoms with Crippen molar-refractivity contribution in [1.29, 1.82) is 0 Å². The molecule has 1 unspecified atom stereocenters. The van der Waals surface area contributed by atoms with Gasteiger partial charge in [0, 0.05) is 58.6 Å². The van der Waals surface area contributed by atoms with E-state index >= 15 is 4.39 Å². The van der Waals surface area contributed by atoms with Crippen LogP contribution in [0.25, 0.3) is 44.1 Å². The summed E-state index contributed by atoms with van der Waals surface area (Å²) in [7, 11) is 0. The molecule has 16 nitrogen and oxygen atoms in total. The van der Waals surface area contributed by atoms with Gasteiger partial charge in [-0.1, -0.05) is 110 Å². The zero-order valence-electron chi connectivity index (χ0n) is 40.2. The molecule has 73 heavy (non-hydrogen) atoms. The highest BCUT2D eigenvalue weighted by Crippen LogP contribution is 2.42. The van der Waals surface area contributed by atoms with E-state index in [1.54, 1.807) is 73.7 Å². The summed E-state index contributed by atoms with van der Waals surface area (Å²) in [5.41, 5.74) is 7.75. The number of rotatable bonds is 18. The number of carbonyl (C=O) groups excluding carboxylic acids is 6. The Hall–Kier alpha value is -7.54. The average molecular weight is 1030 g/mol. The highest BCUT2D eigenvalue weighted by Gasteiger charge is 2.37. The Morgan fingerprint density at radius 1 is 0.740 bits per heavy atom. The van der Waals surface area contributed by atoms with E-state index in [0.717, 1.165) is 0 Å². The van der Waals surface area contributed by atoms with Crippen molar-refractivity contribution in [2.45, 2.75) is 78.4 Å². The van der Waals surface area contributed by atoms with Gasteiger partial charge in [0.1, 0.15) is 31.1 Å². The fraction of sp³-hybridized carbons (Fsp3) is 0.283. The molecular weight excluding hydrogens is 984 g/mol. The normalized spacial score (nSPS) is 14.7. The van der Waals surface area contributed by atoms with Crippen molar-refractivity contribution >= 4 is 86.0 Å². The predicted molar refractivity (Wildman–Crippen MR) is 272 cm³/mol. The number of para-hydroxylation sites is 1. The number of halogens is 4. The number of carbonyl (C=O) groups is 6. The van der Waals surface area contributed by atoms with Crippen LogP contribution in [0.3, 0.4) is 0 Å². The van der Waals surface area contributed by atoms with Crippen LogP contribution in [0, 0.1) is 17.6 Å². The Morgan fingerprint density at radius 3 is 2.04 bits per heavy atom. The van der Waals surface area contributed by atoms with Gasteiger partial charge in [-0.15, -0.1) is 0 Å². The van der Waals surface area contributed by atoms with Gasteiger partial charge in [0.25, 0.3) is 5.91 Å². The quantitative estimate of drug-likeness (QED) is 0.0617. The third-order valence-electron chi connectivity index (χ3n) is 13.2. The number of nitrogens with zero attached hydrogens (tertiary/aromatic N) is 6. The summed E-state index contributed by atoms with van der Waals surface area (Å²) >= 11 is 13.1. The number of benzene rings is 5. The molecule has 378 valence electrons. The standard InChI is InChI=1S/C53H51Cl2F2N9O7/c1-28(2)29(3)63(24-43(69)59-23-31-11-7-17-39(54)49(31)56)45(71)26-66-42-20-10-13-34(47(42)52(62-66)53(58)73)35-14-8-15-36(48(35)55)37-16-9-18-40(50(37)57)60-44(70)25-64(32-21-33(68)22-32)46(72)27-65-41-19-6-5-12-38(41)51(61-65)30(4)67/h5-20,28-29,32-33,68H,21-27H2,1-4H3,(H2,58,73)(H,59,69)(H,60,70)/t29?,32-,33-. The van der Waals surface area contributed by atoms with E-state index in [1.165, 1.54) is 56.4 Å². The van der Waals surface area contributed by atoms with Crippen molar-refractivity contribution in [1.82, 2.24) is 34.7 Å². The van der Waals surface area contributed by atoms with Crippen molar-refractivity contribution in [2.75, 3.05) is 18.4 Å². The van der Waals surface area contributed by atoms with E-state index in [1.807, 2.05) is 13.8 Å². The van der Waals surface area contributed by atoms with Crippen molar-refractivity contribution in [3.05, 3.63) is 136 Å². The summed E-state index contributed by atoms with van der Waals surface area (Å²) in [5.74, 6) is -5.02. The van der Waals surface area contributed by atoms with Gasteiger partial charge in [-0.25, -0.2) is 8.78 Å². The number of nitrogens with one attached hydrogen (secondary N) is 2. The average Bonchev–Trinajstić information content (AvgIpc) is 3.91. The maximum atomic E-state index is 16.7. The molecule has 1 aliphatic carbocycles. The van der Waals surface area contributed by atoms with Gasteiger partial charge < -0.3 is 31.3 Å². The number of Topliss-reactive ketones (excluding diaryl/α,β-unsaturated/α-hetero) is 1. The second-order valence-electron chi connectivity index (χ2n) is 18.3. The number of nitrogens with two attached hydrogens (primary N) is 1. The molecule has 0 bridgehead atoms. The molecule has 1 aliphatic rings. The largest absolute Gasteiger partial charge is 0.393 e. The molecule has 1 saturated carbocycles. The summed E-state index contributed by atoms with van der Waals surface area (Å²) in [6.07, 6.45) is -0.193. The summed E-state index contributed by atoms with van der Waals surface area (Å²) in [6, 6.07) is 24.7. The predicted octanol–water partition coefficient (Wildman–Crippen LogP) is 7.79. The zero-order valence-corrected chi connectivity index (χ0v) is 41.7. The van der Waals surface area contributed by atoms with Crippen LogP contribution in [0.5, 0.6) is 0 Å². The molecule has 2 aromatic heterocycles. The van der Waals surface area contributed by atoms with E-state index in [2.05, 4.69) is 20.8 Å². The summed E-state index contributed by atoms with van der Waals surface area (Å²) in [4.78, 5) is 83.1. The molecule has 5 amide bonds. The van der Waals surface area contributed by atoms with Gasteiger partial charge in [-0.3, -0.25) is 38.1 Å². The van der Waals surface area contributed by atoms with E-state index < -0.39 is 72.4 Å². The van der Waals surface area contributed by atoms with Crippen LogP contribution in [0.15, 0.2) is 97.1 Å². The Bertz CT molecular complexity index is 3340. The van der Waals surface area contributed by atoms with Crippen LogP contribution in [0.4, 0.5) is 14.5 Å². The summed E-state index contributed by atoms with van der Waals surface area (Å²) < 4.78 is 34.0. The Balaban J connectivity index is 1.03. The lowest BCUT2D eigenvalue weighted by Crippen LogP contribution is -2.53. The number of aliphatic hydroxyl groups is 1. The van der Waals surface area contributed by atoms with Gasteiger partial charge in [0.05, 0.1) is 39.4 Å². The third-order valence-corrected chi connectivity index (χ3v) is 13.9. The van der Waals surface area contributed by atoms with E-state index in [-0.39, 0.29) is 93.4 Å². The highest BCUT2D eigenvalue weighted by atomic mass is 35.5. The van der Waals surface area contributed by atoms with Gasteiger partial charge in [0.15, 0.2) is 17.3 Å². The fourth-order valence-electron chi connectivity index (χ4n) is 8.96. The molecule has 0 saturated heterocycles. The molecular formula is C53H51Cl2F2N9O7. The third kappa shape index (κ3) is 10.8. The van der Waals surface area contributed by atoms with E-state index in [0.29, 0.717) is 27.5 Å². The Labute approximate surface area is 428 Å². The number of aliphatic hydroxyl groups excluding tert-OH is 1. The molecule has 7 aromatic rings. The van der Waals surface area contributed by atoms with Gasteiger partial charge >= 0.3 is 0 Å². The van der Waals surface area contributed by atoms with Gasteiger partial charge in [0.2, 0.25) is 23.6 Å². The maximum absolute atomic E-state index is 16.7. The second kappa shape index (κ2) is 21.7. The van der Waals surface area contributed by atoms with Crippen molar-refractivity contribution in [3.63, 3.8) is 0 Å². The van der Waals surface area contributed by atoms with Crippen LogP contribution in [-0.2, 0) is 38.8 Å². The van der Waals surface area contributed by atoms with E-state index in [4.69, 9.17) is 28.9 Å². The Morgan fingerprint density at radius 2 is 1.34 bits per heavy atom. The molecule has 5 N–H and O–H groups in total. The first-order chi connectivity index (χ1) is 34.8. The minimum absolute atomic E-state index is 0.0104. The first kappa shape index (κ1) is 51.8. The first-order valence-corrected chi connectivity index (χ1v) is 24.2. The number of ketones is 1. The van der Waals surface area contributed by atoms with Crippen LogP contribution < -0.4 is 16.4 Å². The molecule has 0 aliphatic heterocycles. The monoisotopic (exact) mass is 1030 g/mol. The van der Waals surface area contributed by atoms with Gasteiger partial charge in [-0.2, -0.15) is 10.2 Å². The zero-order chi connectivity index (χ0) is 52.4. The lowest BCUT2D eigenvalue weighted by atomic mass is 9.88. The second-order valence-corrected chi connectivity index (χ2v) is 19.1. The molecule has 0 spiro atoms. The summed E-state index contributed by atoms with van der Waals surface area (Å²) in [6.45, 7) is 5.25. The topological polar surface area (TPSA) is 215 Å². The highest BCUT2D eigenvalue weighted by molar-refractivity contribution is 6.36. The fourth-order valence-corrected chi connectivity index (χ4v) is 9.49. The number of anilines is 1. The molecule has 0 radical (unpaired) electrons. The molecule has 1 fully saturated rings. The van der Waals surface area contributed by atoms with Gasteiger partial charge in [-0.05, 0) is 55.5 Å². The molecule has 1 atom stereocenters. The van der Waals surface area contributed by atoms with Crippen molar-refractivity contribution < 1.29 is 42.7 Å². The van der Waals surface area contributed by atoms with Crippen molar-refractivity contribution in [3.8, 4) is 22.3 Å². The van der Waals surface area contributed by atoms with Crippen molar-refractivity contribution in [2.24, 2.45) is 11.7 Å². The smallest absolute Gasteiger partial charge is 0.269 e. The SMILES string of the molecule is CC(=O)c1nn(CC(=O)N(CC(=O)Nc2cccc(-c3cccc(-c4cccc5c4c(C(N)=O)nn5CC(=O)N(CC(=O)NCc4cccc(Cl)c4F)C(C)C(C)C)c3Cl)c2F)[C@H]2C[C@H](O)C2)c2ccccc12. The number of aromatic nitrogens is 4. The number of hydrogen-bond donors (Lipinski definition) is 4. The molecule has 5 aromatic carbocycles. The minimum Gasteiger partial charge on any atom is -0.393 e. The number of primary amides is 1. The lowest BCUT2D eigenvalue weighted by molar-refractivity contribution is -0.142. The molecule has 20 heteroatoms. The number of fused-ring (bicyclic) bond motifs is 2. The summed E-state index contributed by atoms with van der Waals surface area (Å²) in [5, 5.41) is 25.1. The minimum atomic E-state index is -0.906. The molecule has 2 heterocycles. The Kier molecular flexibility index (Phi) is 15.4. The van der Waals surface area contributed by atoms with Crippen LogP contribution in [0.1, 0.15) is 67.1 Å². The van der Waals surface area contributed by atoms with Crippen LogP contribution >= 0.6 is 23.2 Å². The maximum Gasteiger partial charge on any atom is 0.269 e. The van der Waals surface area contributed by atoms with E-state index in [9.17, 15) is 38.3 Å². The number of hydrogen-bond acceptors (Lipinski definition) is 9. The first-order valence-electron chi connectivity index (χ1n) is 23.4. The number of amides is 5. The van der Waals surface area contributed by atoms with Crippen LogP contribution in [-0.4, -0.2) is 101 Å².